The minimum absolute atomic E-state index is 0.360. The fourth-order valence-electron chi connectivity index (χ4n) is 1.66. The van der Waals surface area contributed by atoms with Crippen molar-refractivity contribution in [1.82, 2.24) is 4.57 Å². The lowest BCUT2D eigenvalue weighted by atomic mass is 10.2. The van der Waals surface area contributed by atoms with Gasteiger partial charge in [0.15, 0.2) is 0 Å². The van der Waals surface area contributed by atoms with Crippen molar-refractivity contribution in [1.29, 1.82) is 0 Å². The fourth-order valence-corrected chi connectivity index (χ4v) is 2.56. The molecule has 0 aliphatic heterocycles. The summed E-state index contributed by atoms with van der Waals surface area (Å²) in [6.45, 7) is 0. The molecule has 1 heterocycles. The molecule has 16 heavy (non-hydrogen) atoms. The monoisotopic (exact) mass is 301 g/mol. The number of rotatable bonds is 1. The van der Waals surface area contributed by atoms with Gasteiger partial charge in [0.1, 0.15) is 5.69 Å². The lowest BCUT2D eigenvalue weighted by molar-refractivity contribution is 0.0590. The summed E-state index contributed by atoms with van der Waals surface area (Å²) < 4.78 is 7.33. The number of carbonyl (C=O) groups excluding carboxylic acids is 1. The van der Waals surface area contributed by atoms with Crippen LogP contribution in [0.2, 0.25) is 5.02 Å². The molecule has 2 aromatic rings. The molecule has 5 heteroatoms. The highest BCUT2D eigenvalue weighted by Crippen LogP contribution is 2.30. The lowest BCUT2D eigenvalue weighted by Gasteiger charge is -2.02. The highest BCUT2D eigenvalue weighted by atomic mass is 79.9. The second-order valence-corrected chi connectivity index (χ2v) is 4.69. The molecule has 0 spiro atoms. The summed E-state index contributed by atoms with van der Waals surface area (Å²) in [5, 5.41) is 1.56. The fraction of sp³-hybridized carbons (Fsp3) is 0.182. The van der Waals surface area contributed by atoms with Crippen LogP contribution >= 0.6 is 27.5 Å². The molecule has 0 saturated heterocycles. The van der Waals surface area contributed by atoms with E-state index in [1.54, 1.807) is 23.7 Å². The zero-order chi connectivity index (χ0) is 11.9. The van der Waals surface area contributed by atoms with Gasteiger partial charge in [-0.25, -0.2) is 4.79 Å². The van der Waals surface area contributed by atoms with E-state index in [9.17, 15) is 4.79 Å². The lowest BCUT2D eigenvalue weighted by Crippen LogP contribution is -2.06. The van der Waals surface area contributed by atoms with Gasteiger partial charge in [0.25, 0.3) is 0 Å². The number of ether oxygens (including phenoxy) is 1. The smallest absolute Gasteiger partial charge is 0.354 e. The van der Waals surface area contributed by atoms with Crippen LogP contribution < -0.4 is 0 Å². The van der Waals surface area contributed by atoms with Gasteiger partial charge in [-0.1, -0.05) is 27.5 Å². The number of hydrogen-bond acceptors (Lipinski definition) is 2. The van der Waals surface area contributed by atoms with Gasteiger partial charge >= 0.3 is 5.97 Å². The largest absolute Gasteiger partial charge is 0.464 e. The zero-order valence-corrected chi connectivity index (χ0v) is 11.1. The van der Waals surface area contributed by atoms with Crippen LogP contribution in [-0.2, 0) is 11.8 Å². The minimum Gasteiger partial charge on any atom is -0.464 e. The van der Waals surface area contributed by atoms with Gasteiger partial charge in [-0.3, -0.25) is 0 Å². The highest BCUT2D eigenvalue weighted by molar-refractivity contribution is 9.10. The average Bonchev–Trinajstić information content (AvgIpc) is 2.56. The average molecular weight is 303 g/mol. The Bertz CT molecular complexity index is 577. The Hall–Kier alpha value is -1.00. The number of methoxy groups -OCH3 is 1. The second-order valence-electron chi connectivity index (χ2n) is 3.40. The predicted octanol–water partition coefficient (Wildman–Crippen LogP) is 3.38. The Labute approximate surface area is 106 Å². The maximum absolute atomic E-state index is 11.5. The van der Waals surface area contributed by atoms with Crippen molar-refractivity contribution in [3.8, 4) is 0 Å². The molecule has 84 valence electrons. The molecule has 0 atom stereocenters. The first-order valence-electron chi connectivity index (χ1n) is 4.57. The molecule has 0 aliphatic rings. The summed E-state index contributed by atoms with van der Waals surface area (Å²) in [5.41, 5.74) is 1.39. The number of benzene rings is 1. The van der Waals surface area contributed by atoms with E-state index in [1.165, 1.54) is 7.11 Å². The third-order valence-electron chi connectivity index (χ3n) is 2.47. The van der Waals surface area contributed by atoms with Gasteiger partial charge in [-0.15, -0.1) is 0 Å². The summed E-state index contributed by atoms with van der Waals surface area (Å²) in [5.74, 6) is -0.360. The van der Waals surface area contributed by atoms with Crippen molar-refractivity contribution in [2.75, 3.05) is 7.11 Å². The number of nitrogens with zero attached hydrogens (tertiary/aromatic N) is 1. The Kier molecular flexibility index (Phi) is 2.95. The molecule has 0 amide bonds. The normalized spacial score (nSPS) is 10.8. The first-order valence-corrected chi connectivity index (χ1v) is 5.74. The number of hydrogen-bond donors (Lipinski definition) is 0. The molecule has 0 aliphatic carbocycles. The number of fused-ring (bicyclic) bond motifs is 1. The van der Waals surface area contributed by atoms with Crippen LogP contribution in [0.15, 0.2) is 22.7 Å². The van der Waals surface area contributed by atoms with E-state index in [1.807, 2.05) is 6.07 Å². The van der Waals surface area contributed by atoms with Crippen LogP contribution in [0.25, 0.3) is 10.9 Å². The molecule has 2 rings (SSSR count). The Morgan fingerprint density at radius 1 is 1.44 bits per heavy atom. The van der Waals surface area contributed by atoms with Crippen LogP contribution in [0.3, 0.4) is 0 Å². The number of halogens is 2. The Morgan fingerprint density at radius 3 is 2.75 bits per heavy atom. The number of carbonyl (C=O) groups is 1. The van der Waals surface area contributed by atoms with E-state index in [2.05, 4.69) is 15.9 Å². The Balaban J connectivity index is 2.77. The highest BCUT2D eigenvalue weighted by Gasteiger charge is 2.15. The van der Waals surface area contributed by atoms with E-state index >= 15 is 0 Å². The predicted molar refractivity (Wildman–Crippen MR) is 67.0 cm³/mol. The van der Waals surface area contributed by atoms with E-state index in [-0.39, 0.29) is 5.97 Å². The maximum atomic E-state index is 11.5. The first kappa shape index (κ1) is 11.5. The van der Waals surface area contributed by atoms with E-state index < -0.39 is 0 Å². The summed E-state index contributed by atoms with van der Waals surface area (Å²) in [7, 11) is 3.17. The molecule has 1 aromatic heterocycles. The van der Waals surface area contributed by atoms with Crippen molar-refractivity contribution >= 4 is 44.4 Å². The van der Waals surface area contributed by atoms with Crippen LogP contribution in [-0.4, -0.2) is 17.6 Å². The summed E-state index contributed by atoms with van der Waals surface area (Å²) in [6, 6.07) is 5.39. The zero-order valence-electron chi connectivity index (χ0n) is 8.75. The molecule has 0 radical (unpaired) electrons. The van der Waals surface area contributed by atoms with Gasteiger partial charge in [-0.05, 0) is 18.2 Å². The molecule has 0 fully saturated rings. The first-order chi connectivity index (χ1) is 7.54. The summed E-state index contributed by atoms with van der Waals surface area (Å²) in [4.78, 5) is 11.5. The molecule has 1 aromatic carbocycles. The third-order valence-corrected chi connectivity index (χ3v) is 3.35. The van der Waals surface area contributed by atoms with E-state index in [0.717, 1.165) is 15.4 Å². The molecule has 0 saturated carbocycles. The number of aromatic nitrogens is 1. The van der Waals surface area contributed by atoms with Gasteiger partial charge in [0.2, 0.25) is 0 Å². The quantitative estimate of drug-likeness (QED) is 0.756. The van der Waals surface area contributed by atoms with Gasteiger partial charge < -0.3 is 9.30 Å². The van der Waals surface area contributed by atoms with Gasteiger partial charge in [0.05, 0.1) is 12.6 Å². The molecular weight excluding hydrogens is 293 g/mol. The molecule has 0 N–H and O–H groups in total. The topological polar surface area (TPSA) is 31.2 Å². The van der Waals surface area contributed by atoms with Crippen molar-refractivity contribution < 1.29 is 9.53 Å². The van der Waals surface area contributed by atoms with E-state index in [4.69, 9.17) is 16.3 Å². The standard InChI is InChI=1S/C11H9BrClNO2/c1-14-9-4-6(13)3-8(12)7(9)5-10(14)11(15)16-2/h3-5H,1-2H3. The molecule has 0 bridgehead atoms. The third kappa shape index (κ3) is 1.72. The van der Waals surface area contributed by atoms with Crippen LogP contribution in [0.4, 0.5) is 0 Å². The summed E-state index contributed by atoms with van der Waals surface area (Å²) >= 11 is 9.38. The van der Waals surface area contributed by atoms with Gasteiger partial charge in [0, 0.05) is 21.9 Å². The SMILES string of the molecule is COC(=O)c1cc2c(Br)cc(Cl)cc2n1C. The van der Waals surface area contributed by atoms with Crippen LogP contribution in [0, 0.1) is 0 Å². The maximum Gasteiger partial charge on any atom is 0.354 e. The summed E-state index contributed by atoms with van der Waals surface area (Å²) in [6.07, 6.45) is 0. The van der Waals surface area contributed by atoms with Gasteiger partial charge in [-0.2, -0.15) is 0 Å². The minimum atomic E-state index is -0.360. The molecule has 0 unspecified atom stereocenters. The number of aryl methyl sites for hydroxylation is 1. The van der Waals surface area contributed by atoms with Crippen molar-refractivity contribution in [3.05, 3.63) is 33.4 Å². The Morgan fingerprint density at radius 2 is 2.12 bits per heavy atom. The molecule has 3 nitrogen and oxygen atoms in total. The molecular formula is C11H9BrClNO2. The number of esters is 1. The second kappa shape index (κ2) is 4.11. The van der Waals surface area contributed by atoms with Crippen molar-refractivity contribution in [2.24, 2.45) is 7.05 Å². The van der Waals surface area contributed by atoms with Crippen LogP contribution in [0.5, 0.6) is 0 Å². The van der Waals surface area contributed by atoms with Crippen molar-refractivity contribution in [2.45, 2.75) is 0 Å². The van der Waals surface area contributed by atoms with Crippen molar-refractivity contribution in [3.63, 3.8) is 0 Å². The van der Waals surface area contributed by atoms with Crippen LogP contribution in [0.1, 0.15) is 10.5 Å². The van der Waals surface area contributed by atoms with E-state index in [0.29, 0.717) is 10.7 Å².